The molecular weight excluding hydrogens is 116 g/mol. The molecule has 0 aromatic rings. The summed E-state index contributed by atoms with van der Waals surface area (Å²) < 4.78 is 4.76. The standard InChI is InChI=1S/C7H8O2/c1-9-7-5-3-2-4-6(7)8/h2,4-5H,3H2,1H3. The number of rotatable bonds is 1. The van der Waals surface area contributed by atoms with Crippen molar-refractivity contribution in [3.8, 4) is 0 Å². The van der Waals surface area contributed by atoms with Crippen molar-refractivity contribution in [1.29, 1.82) is 0 Å². The molecule has 0 bridgehead atoms. The fraction of sp³-hybridized carbons (Fsp3) is 0.286. The molecule has 1 aliphatic rings. The molecule has 0 saturated heterocycles. The Morgan fingerprint density at radius 3 is 2.89 bits per heavy atom. The lowest BCUT2D eigenvalue weighted by Crippen LogP contribution is -2.02. The molecule has 48 valence electrons. The Balaban J connectivity index is 2.71. The summed E-state index contributed by atoms with van der Waals surface area (Å²) in [5.41, 5.74) is 0. The summed E-state index contributed by atoms with van der Waals surface area (Å²) in [5.74, 6) is 0.418. The molecule has 0 unspecified atom stereocenters. The van der Waals surface area contributed by atoms with Crippen molar-refractivity contribution in [1.82, 2.24) is 0 Å². The van der Waals surface area contributed by atoms with E-state index >= 15 is 0 Å². The van der Waals surface area contributed by atoms with Crippen molar-refractivity contribution in [2.45, 2.75) is 6.42 Å². The number of ether oxygens (including phenoxy) is 1. The maximum absolute atomic E-state index is 10.7. The van der Waals surface area contributed by atoms with Gasteiger partial charge in [0.1, 0.15) is 0 Å². The SMILES string of the molecule is COC1=CCC=CC1=O. The largest absolute Gasteiger partial charge is 0.493 e. The van der Waals surface area contributed by atoms with E-state index in [0.717, 1.165) is 6.42 Å². The molecule has 0 N–H and O–H groups in total. The molecule has 2 heteroatoms. The molecule has 1 aliphatic carbocycles. The average Bonchev–Trinajstić information content (AvgIpc) is 1.89. The zero-order chi connectivity index (χ0) is 6.69. The number of hydrogen-bond acceptors (Lipinski definition) is 2. The van der Waals surface area contributed by atoms with Crippen LogP contribution in [0.15, 0.2) is 24.0 Å². The van der Waals surface area contributed by atoms with E-state index in [9.17, 15) is 4.79 Å². The van der Waals surface area contributed by atoms with Crippen LogP contribution in [0.3, 0.4) is 0 Å². The predicted molar refractivity (Wildman–Crippen MR) is 33.9 cm³/mol. The Labute approximate surface area is 53.8 Å². The van der Waals surface area contributed by atoms with E-state index in [1.54, 1.807) is 6.08 Å². The lowest BCUT2D eigenvalue weighted by molar-refractivity contribution is -0.114. The summed E-state index contributed by atoms with van der Waals surface area (Å²) in [6.45, 7) is 0. The highest BCUT2D eigenvalue weighted by Crippen LogP contribution is 2.06. The normalized spacial score (nSPS) is 17.4. The van der Waals surface area contributed by atoms with Gasteiger partial charge in [-0.15, -0.1) is 0 Å². The first-order valence-corrected chi connectivity index (χ1v) is 2.79. The molecule has 0 heterocycles. The van der Waals surface area contributed by atoms with Gasteiger partial charge in [-0.05, 0) is 18.6 Å². The van der Waals surface area contributed by atoms with Crippen LogP contribution in [0.4, 0.5) is 0 Å². The highest BCUT2D eigenvalue weighted by molar-refractivity contribution is 6.03. The second kappa shape index (κ2) is 2.49. The topological polar surface area (TPSA) is 26.3 Å². The molecule has 0 atom stereocenters. The van der Waals surface area contributed by atoms with Gasteiger partial charge in [0.25, 0.3) is 0 Å². The molecule has 0 radical (unpaired) electrons. The van der Waals surface area contributed by atoms with Crippen LogP contribution < -0.4 is 0 Å². The minimum Gasteiger partial charge on any atom is -0.493 e. The minimum absolute atomic E-state index is 0.0382. The first-order valence-electron chi connectivity index (χ1n) is 2.79. The third kappa shape index (κ3) is 1.19. The van der Waals surface area contributed by atoms with Crippen LogP contribution in [0.1, 0.15) is 6.42 Å². The zero-order valence-electron chi connectivity index (χ0n) is 5.26. The van der Waals surface area contributed by atoms with Crippen LogP contribution in [0, 0.1) is 0 Å². The number of hydrogen-bond donors (Lipinski definition) is 0. The highest BCUT2D eigenvalue weighted by atomic mass is 16.5. The van der Waals surface area contributed by atoms with Crippen LogP contribution in [0.25, 0.3) is 0 Å². The second-order valence-electron chi connectivity index (χ2n) is 1.77. The summed E-state index contributed by atoms with van der Waals surface area (Å²) in [6.07, 6.45) is 5.90. The Bertz CT molecular complexity index is 177. The molecule has 0 aliphatic heterocycles. The highest BCUT2D eigenvalue weighted by Gasteiger charge is 2.06. The van der Waals surface area contributed by atoms with E-state index in [1.807, 2.05) is 6.08 Å². The fourth-order valence-corrected chi connectivity index (χ4v) is 0.717. The van der Waals surface area contributed by atoms with Gasteiger partial charge in [-0.25, -0.2) is 0 Å². The van der Waals surface area contributed by atoms with E-state index in [-0.39, 0.29) is 5.78 Å². The van der Waals surface area contributed by atoms with Gasteiger partial charge in [0.05, 0.1) is 7.11 Å². The molecule has 2 nitrogen and oxygen atoms in total. The van der Waals surface area contributed by atoms with Gasteiger partial charge in [0.2, 0.25) is 5.78 Å². The quantitative estimate of drug-likeness (QED) is 0.522. The van der Waals surface area contributed by atoms with Gasteiger partial charge < -0.3 is 4.74 Å². The lowest BCUT2D eigenvalue weighted by Gasteiger charge is -2.03. The number of carbonyl (C=O) groups is 1. The van der Waals surface area contributed by atoms with Crippen molar-refractivity contribution in [2.75, 3.05) is 7.11 Å². The van der Waals surface area contributed by atoms with Gasteiger partial charge in [-0.2, -0.15) is 0 Å². The molecule has 9 heavy (non-hydrogen) atoms. The summed E-state index contributed by atoms with van der Waals surface area (Å²) in [7, 11) is 1.50. The zero-order valence-corrected chi connectivity index (χ0v) is 5.26. The average molecular weight is 124 g/mol. The summed E-state index contributed by atoms with van der Waals surface area (Å²) in [6, 6.07) is 0. The van der Waals surface area contributed by atoms with Crippen LogP contribution >= 0.6 is 0 Å². The smallest absolute Gasteiger partial charge is 0.219 e. The van der Waals surface area contributed by atoms with E-state index in [2.05, 4.69) is 0 Å². The molecule has 0 fully saturated rings. The van der Waals surface area contributed by atoms with Crippen LogP contribution in [0.5, 0.6) is 0 Å². The van der Waals surface area contributed by atoms with Crippen molar-refractivity contribution in [3.05, 3.63) is 24.0 Å². The number of ketones is 1. The number of carbonyl (C=O) groups excluding carboxylic acids is 1. The summed E-state index contributed by atoms with van der Waals surface area (Å²) in [4.78, 5) is 10.7. The Morgan fingerprint density at radius 1 is 1.67 bits per heavy atom. The third-order valence-corrected chi connectivity index (χ3v) is 1.17. The lowest BCUT2D eigenvalue weighted by atomic mass is 10.2. The molecule has 0 aromatic carbocycles. The summed E-state index contributed by atoms with van der Waals surface area (Å²) in [5, 5.41) is 0. The number of methoxy groups -OCH3 is 1. The molecule has 0 saturated carbocycles. The van der Waals surface area contributed by atoms with Crippen LogP contribution in [-0.4, -0.2) is 12.9 Å². The van der Waals surface area contributed by atoms with E-state index in [4.69, 9.17) is 4.74 Å². The first kappa shape index (κ1) is 6.08. The second-order valence-corrected chi connectivity index (χ2v) is 1.77. The first-order chi connectivity index (χ1) is 4.34. The van der Waals surface area contributed by atoms with Gasteiger partial charge in [-0.3, -0.25) is 4.79 Å². The molecular formula is C7H8O2. The van der Waals surface area contributed by atoms with E-state index in [1.165, 1.54) is 13.2 Å². The van der Waals surface area contributed by atoms with E-state index in [0.29, 0.717) is 5.76 Å². The monoisotopic (exact) mass is 124 g/mol. The van der Waals surface area contributed by atoms with Crippen molar-refractivity contribution in [2.24, 2.45) is 0 Å². The third-order valence-electron chi connectivity index (χ3n) is 1.17. The Hall–Kier alpha value is -1.05. The molecule has 1 rings (SSSR count). The molecule has 0 spiro atoms. The van der Waals surface area contributed by atoms with Crippen LogP contribution in [0.2, 0.25) is 0 Å². The van der Waals surface area contributed by atoms with Gasteiger partial charge in [0.15, 0.2) is 5.76 Å². The van der Waals surface area contributed by atoms with Crippen LogP contribution in [-0.2, 0) is 9.53 Å². The maximum Gasteiger partial charge on any atom is 0.219 e. The predicted octanol–water partition coefficient (Wildman–Crippen LogP) is 1.05. The summed E-state index contributed by atoms with van der Waals surface area (Å²) >= 11 is 0. The van der Waals surface area contributed by atoms with E-state index < -0.39 is 0 Å². The molecule has 0 amide bonds. The van der Waals surface area contributed by atoms with Crippen molar-refractivity contribution < 1.29 is 9.53 Å². The van der Waals surface area contributed by atoms with Gasteiger partial charge in [0, 0.05) is 0 Å². The Morgan fingerprint density at radius 2 is 2.44 bits per heavy atom. The maximum atomic E-state index is 10.7. The minimum atomic E-state index is -0.0382. The number of allylic oxidation sites excluding steroid dienone is 3. The molecule has 0 aromatic heterocycles. The van der Waals surface area contributed by atoms with Crippen molar-refractivity contribution in [3.63, 3.8) is 0 Å². The Kier molecular flexibility index (Phi) is 1.68. The fourth-order valence-electron chi connectivity index (χ4n) is 0.717. The van der Waals surface area contributed by atoms with Gasteiger partial charge in [-0.1, -0.05) is 6.08 Å². The van der Waals surface area contributed by atoms with Crippen molar-refractivity contribution >= 4 is 5.78 Å². The van der Waals surface area contributed by atoms with Gasteiger partial charge >= 0.3 is 0 Å².